The maximum absolute atomic E-state index is 5.95. The van der Waals surface area contributed by atoms with Gasteiger partial charge in [-0.05, 0) is 55.7 Å². The van der Waals surface area contributed by atoms with Gasteiger partial charge in [-0.3, -0.25) is 0 Å². The van der Waals surface area contributed by atoms with Crippen LogP contribution < -0.4 is 11.1 Å². The first-order valence-electron chi connectivity index (χ1n) is 8.95. The Morgan fingerprint density at radius 2 is 1.43 bits per heavy atom. The number of nitrogens with one attached hydrogen (secondary N) is 1. The van der Waals surface area contributed by atoms with Crippen LogP contribution in [0.15, 0.2) is 24.3 Å². The summed E-state index contributed by atoms with van der Waals surface area (Å²) in [5.41, 5.74) is 8.04. The number of hydrogen-bond acceptors (Lipinski definition) is 2. The van der Waals surface area contributed by atoms with E-state index in [2.05, 4.69) is 23.5 Å². The van der Waals surface area contributed by atoms with Crippen LogP contribution in [0.5, 0.6) is 0 Å². The molecule has 3 rings (SSSR count). The van der Waals surface area contributed by atoms with Crippen molar-refractivity contribution in [2.24, 2.45) is 11.8 Å². The lowest BCUT2D eigenvalue weighted by Gasteiger charge is -2.39. The van der Waals surface area contributed by atoms with Crippen molar-refractivity contribution in [3.8, 4) is 0 Å². The Morgan fingerprint density at radius 3 is 1.95 bits per heavy atom. The molecule has 0 bridgehead atoms. The van der Waals surface area contributed by atoms with Gasteiger partial charge in [0.2, 0.25) is 0 Å². The highest BCUT2D eigenvalue weighted by molar-refractivity contribution is 5.54. The molecule has 0 aliphatic heterocycles. The average Bonchev–Trinajstić information content (AvgIpc) is 2.54. The molecule has 0 radical (unpaired) electrons. The van der Waals surface area contributed by atoms with Crippen LogP contribution in [0.25, 0.3) is 0 Å². The quantitative estimate of drug-likeness (QED) is 0.746. The van der Waals surface area contributed by atoms with Gasteiger partial charge in [-0.25, -0.2) is 0 Å². The molecule has 2 nitrogen and oxygen atoms in total. The predicted octanol–water partition coefficient (Wildman–Crippen LogP) is 5.21. The summed E-state index contributed by atoms with van der Waals surface area (Å²) in [6.07, 6.45) is 14.2. The van der Waals surface area contributed by atoms with E-state index in [9.17, 15) is 0 Å². The Morgan fingerprint density at radius 1 is 0.857 bits per heavy atom. The zero-order valence-corrected chi connectivity index (χ0v) is 13.2. The summed E-state index contributed by atoms with van der Waals surface area (Å²) in [7, 11) is 0. The molecule has 2 aliphatic rings. The highest BCUT2D eigenvalue weighted by Gasteiger charge is 2.31. The van der Waals surface area contributed by atoms with E-state index in [1.165, 1.54) is 69.9 Å². The number of nitrogen functional groups attached to an aromatic ring is 1. The van der Waals surface area contributed by atoms with Crippen molar-refractivity contribution >= 4 is 11.4 Å². The van der Waals surface area contributed by atoms with Crippen molar-refractivity contribution in [3.05, 3.63) is 24.3 Å². The number of nitrogens with two attached hydrogens (primary N) is 1. The highest BCUT2D eigenvalue weighted by Crippen LogP contribution is 2.37. The Hall–Kier alpha value is -1.18. The summed E-state index contributed by atoms with van der Waals surface area (Å²) < 4.78 is 0. The first-order chi connectivity index (χ1) is 10.3. The third-order valence-electron chi connectivity index (χ3n) is 5.54. The van der Waals surface area contributed by atoms with Crippen LogP contribution in [0.1, 0.15) is 64.2 Å². The van der Waals surface area contributed by atoms with Gasteiger partial charge in [-0.2, -0.15) is 0 Å². The first kappa shape index (κ1) is 14.7. The molecule has 2 fully saturated rings. The van der Waals surface area contributed by atoms with Gasteiger partial charge in [0, 0.05) is 17.4 Å². The van der Waals surface area contributed by atoms with E-state index < -0.39 is 0 Å². The summed E-state index contributed by atoms with van der Waals surface area (Å²) >= 11 is 0. The van der Waals surface area contributed by atoms with Crippen LogP contribution in [0.2, 0.25) is 0 Å². The zero-order valence-electron chi connectivity index (χ0n) is 13.2. The second-order valence-corrected chi connectivity index (χ2v) is 7.09. The molecule has 2 aliphatic carbocycles. The van der Waals surface area contributed by atoms with Crippen LogP contribution in [-0.4, -0.2) is 6.04 Å². The third kappa shape index (κ3) is 3.93. The van der Waals surface area contributed by atoms with Gasteiger partial charge in [-0.15, -0.1) is 0 Å². The molecule has 0 unspecified atom stereocenters. The maximum Gasteiger partial charge on any atom is 0.0363 e. The lowest BCUT2D eigenvalue weighted by Crippen LogP contribution is -2.38. The monoisotopic (exact) mass is 286 g/mol. The zero-order chi connectivity index (χ0) is 14.5. The minimum Gasteiger partial charge on any atom is -0.399 e. The lowest BCUT2D eigenvalue weighted by atomic mass is 9.73. The van der Waals surface area contributed by atoms with Gasteiger partial charge >= 0.3 is 0 Å². The SMILES string of the molecule is Nc1cccc(NC(C2CCCCC2)C2CCCCC2)c1. The van der Waals surface area contributed by atoms with E-state index in [4.69, 9.17) is 5.73 Å². The van der Waals surface area contributed by atoms with E-state index in [-0.39, 0.29) is 0 Å². The summed E-state index contributed by atoms with van der Waals surface area (Å²) in [6, 6.07) is 8.97. The molecule has 2 saturated carbocycles. The molecule has 1 aromatic carbocycles. The van der Waals surface area contributed by atoms with Crippen molar-refractivity contribution in [1.29, 1.82) is 0 Å². The standard InChI is InChI=1S/C19H30N2/c20-17-12-7-13-18(14-17)21-19(15-8-3-1-4-9-15)16-10-5-2-6-11-16/h7,12-16,19,21H,1-6,8-11,20H2. The molecule has 0 spiro atoms. The summed E-state index contributed by atoms with van der Waals surface area (Å²) in [4.78, 5) is 0. The molecular weight excluding hydrogens is 256 g/mol. The van der Waals surface area contributed by atoms with Crippen LogP contribution in [0.3, 0.4) is 0 Å². The molecule has 0 atom stereocenters. The van der Waals surface area contributed by atoms with Gasteiger partial charge in [0.1, 0.15) is 0 Å². The molecule has 0 amide bonds. The van der Waals surface area contributed by atoms with Gasteiger partial charge < -0.3 is 11.1 Å². The number of benzene rings is 1. The fourth-order valence-electron chi connectivity index (χ4n) is 4.43. The van der Waals surface area contributed by atoms with Gasteiger partial charge in [0.05, 0.1) is 0 Å². The molecule has 116 valence electrons. The van der Waals surface area contributed by atoms with Crippen molar-refractivity contribution in [2.75, 3.05) is 11.1 Å². The van der Waals surface area contributed by atoms with Crippen LogP contribution in [0.4, 0.5) is 11.4 Å². The van der Waals surface area contributed by atoms with Crippen LogP contribution >= 0.6 is 0 Å². The minimum atomic E-state index is 0.660. The Balaban J connectivity index is 1.73. The second-order valence-electron chi connectivity index (χ2n) is 7.09. The number of hydrogen-bond donors (Lipinski definition) is 2. The molecular formula is C19H30N2. The fraction of sp³-hybridized carbons (Fsp3) is 0.684. The second kappa shape index (κ2) is 7.20. The van der Waals surface area contributed by atoms with E-state index in [1.807, 2.05) is 6.07 Å². The summed E-state index contributed by atoms with van der Waals surface area (Å²) in [6.45, 7) is 0. The van der Waals surface area contributed by atoms with Gasteiger partial charge in [-0.1, -0.05) is 44.6 Å². The molecule has 1 aromatic rings. The summed E-state index contributed by atoms with van der Waals surface area (Å²) in [5.74, 6) is 1.73. The highest BCUT2D eigenvalue weighted by atomic mass is 14.9. The Kier molecular flexibility index (Phi) is 5.05. The molecule has 2 heteroatoms. The largest absolute Gasteiger partial charge is 0.399 e. The minimum absolute atomic E-state index is 0.660. The average molecular weight is 286 g/mol. The third-order valence-corrected chi connectivity index (χ3v) is 5.54. The smallest absolute Gasteiger partial charge is 0.0363 e. The van der Waals surface area contributed by atoms with Crippen molar-refractivity contribution in [1.82, 2.24) is 0 Å². The van der Waals surface area contributed by atoms with E-state index >= 15 is 0 Å². The first-order valence-corrected chi connectivity index (χ1v) is 8.95. The lowest BCUT2D eigenvalue weighted by molar-refractivity contribution is 0.219. The predicted molar refractivity (Wildman–Crippen MR) is 91.4 cm³/mol. The van der Waals surface area contributed by atoms with E-state index in [0.717, 1.165) is 17.5 Å². The van der Waals surface area contributed by atoms with E-state index in [1.54, 1.807) is 0 Å². The van der Waals surface area contributed by atoms with Gasteiger partial charge in [0.15, 0.2) is 0 Å². The van der Waals surface area contributed by atoms with Crippen molar-refractivity contribution in [2.45, 2.75) is 70.3 Å². The number of rotatable bonds is 4. The molecule has 21 heavy (non-hydrogen) atoms. The van der Waals surface area contributed by atoms with E-state index in [0.29, 0.717) is 6.04 Å². The molecule has 0 aromatic heterocycles. The topological polar surface area (TPSA) is 38.0 Å². The summed E-state index contributed by atoms with van der Waals surface area (Å²) in [5, 5.41) is 3.88. The van der Waals surface area contributed by atoms with Crippen molar-refractivity contribution < 1.29 is 0 Å². The Labute approximate surface area is 129 Å². The van der Waals surface area contributed by atoms with Crippen LogP contribution in [-0.2, 0) is 0 Å². The van der Waals surface area contributed by atoms with Crippen LogP contribution in [0, 0.1) is 11.8 Å². The molecule has 0 saturated heterocycles. The molecule has 0 heterocycles. The molecule has 3 N–H and O–H groups in total. The maximum atomic E-state index is 5.95. The fourth-order valence-corrected chi connectivity index (χ4v) is 4.43. The van der Waals surface area contributed by atoms with Crippen molar-refractivity contribution in [3.63, 3.8) is 0 Å². The van der Waals surface area contributed by atoms with Gasteiger partial charge in [0.25, 0.3) is 0 Å². The number of anilines is 2. The normalized spacial score (nSPS) is 21.6. The Bertz CT molecular complexity index is 413.